The minimum atomic E-state index is 0.125. The van der Waals surface area contributed by atoms with Gasteiger partial charge in [-0.1, -0.05) is 25.5 Å². The Labute approximate surface area is 218 Å². The third kappa shape index (κ3) is 4.13. The van der Waals surface area contributed by atoms with Gasteiger partial charge in [-0.2, -0.15) is 0 Å². The molecule has 0 radical (unpaired) electrons. The summed E-state index contributed by atoms with van der Waals surface area (Å²) in [7, 11) is 0. The average Bonchev–Trinajstić information content (AvgIpc) is 3.63. The third-order valence-corrected chi connectivity index (χ3v) is 11.5. The minimum Gasteiger partial charge on any atom is -0.472 e. The third-order valence-electron chi connectivity index (χ3n) is 11.5. The van der Waals surface area contributed by atoms with Crippen molar-refractivity contribution in [3.63, 3.8) is 0 Å². The van der Waals surface area contributed by atoms with Gasteiger partial charge in [0.25, 0.3) is 0 Å². The van der Waals surface area contributed by atoms with Gasteiger partial charge in [0.2, 0.25) is 0 Å². The maximum Gasteiger partial charge on any atom is 0.108 e. The lowest BCUT2D eigenvalue weighted by Crippen LogP contribution is -2.54. The zero-order valence-corrected chi connectivity index (χ0v) is 22.8. The van der Waals surface area contributed by atoms with Crippen molar-refractivity contribution in [2.24, 2.45) is 34.3 Å². The fraction of sp³-hybridized carbons (Fsp3) is 0.806. The normalized spacial score (nSPS) is 43.5. The number of furan rings is 1. The molecule has 1 saturated heterocycles. The molecule has 5 aliphatic rings. The standard InChI is InChI=1S/C31H48N2O3/c1-21(33-14-4-5-15-33)36-29-19-31(3)23(18-28(29)35-17-13-32)6-7-24-26-9-8-25(22-11-16-34-20-22)30(26,2)12-10-27(24)31/h6,11,16,20-21,24-29H,4-5,7-10,12-15,17-19,32H2,1-3H3/t21?,24-,25?,26-,27+,28?,29?,30+,31-/m0/s1. The van der Waals surface area contributed by atoms with E-state index < -0.39 is 0 Å². The van der Waals surface area contributed by atoms with Crippen LogP contribution in [0.2, 0.25) is 0 Å². The van der Waals surface area contributed by atoms with Crippen molar-refractivity contribution in [3.8, 4) is 0 Å². The van der Waals surface area contributed by atoms with Crippen molar-refractivity contribution >= 4 is 0 Å². The molecule has 0 aromatic carbocycles. The summed E-state index contributed by atoms with van der Waals surface area (Å²) in [6, 6.07) is 2.22. The molecule has 6 rings (SSSR count). The zero-order chi connectivity index (χ0) is 24.9. The molecule has 4 fully saturated rings. The van der Waals surface area contributed by atoms with Crippen LogP contribution in [0.1, 0.15) is 90.0 Å². The molecule has 36 heavy (non-hydrogen) atoms. The highest BCUT2D eigenvalue weighted by Crippen LogP contribution is 2.68. The van der Waals surface area contributed by atoms with Gasteiger partial charge in [-0.25, -0.2) is 0 Å². The molecule has 0 bridgehead atoms. The van der Waals surface area contributed by atoms with Gasteiger partial charge in [-0.15, -0.1) is 0 Å². The molecule has 5 heteroatoms. The van der Waals surface area contributed by atoms with Crippen LogP contribution in [0.15, 0.2) is 34.7 Å². The Morgan fingerprint density at radius 2 is 1.97 bits per heavy atom. The zero-order valence-electron chi connectivity index (χ0n) is 22.8. The van der Waals surface area contributed by atoms with Gasteiger partial charge in [-0.05, 0) is 111 Å². The second-order valence-electron chi connectivity index (χ2n) is 13.1. The van der Waals surface area contributed by atoms with E-state index in [9.17, 15) is 0 Å². The summed E-state index contributed by atoms with van der Waals surface area (Å²) in [5, 5.41) is 0. The first-order chi connectivity index (χ1) is 17.4. The summed E-state index contributed by atoms with van der Waals surface area (Å²) in [6.45, 7) is 10.9. The topological polar surface area (TPSA) is 60.9 Å². The molecule has 4 unspecified atom stereocenters. The molecule has 0 spiro atoms. The number of rotatable bonds is 7. The molecule has 5 nitrogen and oxygen atoms in total. The summed E-state index contributed by atoms with van der Waals surface area (Å²) < 4.78 is 18.8. The molecule has 2 heterocycles. The van der Waals surface area contributed by atoms with Crippen LogP contribution in [0.25, 0.3) is 0 Å². The van der Waals surface area contributed by atoms with Gasteiger partial charge in [0.05, 0.1) is 31.3 Å². The quantitative estimate of drug-likeness (QED) is 0.462. The highest BCUT2D eigenvalue weighted by Gasteiger charge is 2.60. The number of hydrogen-bond acceptors (Lipinski definition) is 5. The van der Waals surface area contributed by atoms with Crippen LogP contribution < -0.4 is 5.73 Å². The fourth-order valence-corrected chi connectivity index (χ4v) is 9.64. The SMILES string of the molecule is CC(OC1C[C@@]2(C)C(=CC[C@@H]3[C@H]2CC[C@]2(C)C(c4ccoc4)CC[C@@H]32)CC1OCCN)N1CCCC1. The monoisotopic (exact) mass is 496 g/mol. The smallest absolute Gasteiger partial charge is 0.108 e. The molecule has 4 aliphatic carbocycles. The number of ether oxygens (including phenoxy) is 2. The Balaban J connectivity index is 1.24. The molecule has 1 aromatic heterocycles. The Morgan fingerprint density at radius 3 is 2.72 bits per heavy atom. The molecule has 9 atom stereocenters. The van der Waals surface area contributed by atoms with E-state index in [2.05, 4.69) is 37.8 Å². The molecule has 1 aliphatic heterocycles. The summed E-state index contributed by atoms with van der Waals surface area (Å²) in [4.78, 5) is 2.51. The number of fused-ring (bicyclic) bond motifs is 5. The number of allylic oxidation sites excluding steroid dienone is 1. The van der Waals surface area contributed by atoms with Gasteiger partial charge in [0, 0.05) is 19.6 Å². The Kier molecular flexibility index (Phi) is 6.90. The Bertz CT molecular complexity index is 924. The predicted molar refractivity (Wildman–Crippen MR) is 142 cm³/mol. The van der Waals surface area contributed by atoms with Gasteiger partial charge in [0.15, 0.2) is 0 Å². The van der Waals surface area contributed by atoms with Crippen molar-refractivity contribution in [1.29, 1.82) is 0 Å². The maximum atomic E-state index is 6.87. The van der Waals surface area contributed by atoms with Gasteiger partial charge < -0.3 is 19.6 Å². The fourth-order valence-electron chi connectivity index (χ4n) is 9.64. The molecule has 0 amide bonds. The van der Waals surface area contributed by atoms with Crippen LogP contribution in [-0.4, -0.2) is 49.6 Å². The first kappa shape index (κ1) is 25.2. The number of nitrogens with zero attached hydrogens (tertiary/aromatic N) is 1. The van der Waals surface area contributed by atoms with Gasteiger partial charge in [-0.3, -0.25) is 4.90 Å². The van der Waals surface area contributed by atoms with Crippen LogP contribution in [0.4, 0.5) is 0 Å². The van der Waals surface area contributed by atoms with E-state index in [-0.39, 0.29) is 23.9 Å². The summed E-state index contributed by atoms with van der Waals surface area (Å²) in [6.07, 6.45) is 18.2. The number of likely N-dealkylation sites (tertiary alicyclic amines) is 1. The van der Waals surface area contributed by atoms with Crippen molar-refractivity contribution in [1.82, 2.24) is 4.90 Å². The van der Waals surface area contributed by atoms with E-state index in [4.69, 9.17) is 19.6 Å². The van der Waals surface area contributed by atoms with Crippen LogP contribution in [-0.2, 0) is 9.47 Å². The lowest BCUT2D eigenvalue weighted by molar-refractivity contribution is -0.168. The second kappa shape index (κ2) is 9.87. The highest BCUT2D eigenvalue weighted by atomic mass is 16.6. The van der Waals surface area contributed by atoms with Crippen molar-refractivity contribution < 1.29 is 13.9 Å². The van der Waals surface area contributed by atoms with Gasteiger partial charge >= 0.3 is 0 Å². The van der Waals surface area contributed by atoms with Crippen LogP contribution in [0, 0.1) is 28.6 Å². The van der Waals surface area contributed by atoms with E-state index in [1.807, 2.05) is 12.5 Å². The number of nitrogens with two attached hydrogens (primary N) is 1. The maximum absolute atomic E-state index is 6.87. The van der Waals surface area contributed by atoms with Gasteiger partial charge in [0.1, 0.15) is 6.23 Å². The lowest BCUT2D eigenvalue weighted by Gasteiger charge is -2.59. The minimum absolute atomic E-state index is 0.125. The molecular formula is C31H48N2O3. The van der Waals surface area contributed by atoms with E-state index in [0.717, 1.165) is 43.7 Å². The van der Waals surface area contributed by atoms with Crippen LogP contribution >= 0.6 is 0 Å². The molecule has 2 N–H and O–H groups in total. The first-order valence-corrected chi connectivity index (χ1v) is 14.9. The molecule has 3 saturated carbocycles. The van der Waals surface area contributed by atoms with Crippen molar-refractivity contribution in [3.05, 3.63) is 35.8 Å². The van der Waals surface area contributed by atoms with Crippen LogP contribution in [0.3, 0.4) is 0 Å². The molecular weight excluding hydrogens is 448 g/mol. The van der Waals surface area contributed by atoms with Crippen LogP contribution in [0.5, 0.6) is 0 Å². The predicted octanol–water partition coefficient (Wildman–Crippen LogP) is 6.11. The summed E-state index contributed by atoms with van der Waals surface area (Å²) in [5.41, 5.74) is 9.54. The Hall–Kier alpha value is -1.14. The largest absolute Gasteiger partial charge is 0.472 e. The molecule has 200 valence electrons. The van der Waals surface area contributed by atoms with E-state index in [0.29, 0.717) is 24.5 Å². The van der Waals surface area contributed by atoms with E-state index in [1.165, 1.54) is 50.5 Å². The first-order valence-electron chi connectivity index (χ1n) is 14.9. The highest BCUT2D eigenvalue weighted by molar-refractivity contribution is 5.28. The average molecular weight is 497 g/mol. The molecule has 1 aromatic rings. The Morgan fingerprint density at radius 1 is 1.14 bits per heavy atom. The lowest BCUT2D eigenvalue weighted by atomic mass is 9.47. The van der Waals surface area contributed by atoms with E-state index >= 15 is 0 Å². The van der Waals surface area contributed by atoms with E-state index in [1.54, 1.807) is 5.57 Å². The number of hydrogen-bond donors (Lipinski definition) is 1. The van der Waals surface area contributed by atoms with Crippen molar-refractivity contribution in [2.75, 3.05) is 26.2 Å². The summed E-state index contributed by atoms with van der Waals surface area (Å²) in [5.74, 6) is 2.99. The second-order valence-corrected chi connectivity index (χ2v) is 13.1. The summed E-state index contributed by atoms with van der Waals surface area (Å²) >= 11 is 0. The van der Waals surface area contributed by atoms with Crippen molar-refractivity contribution in [2.45, 2.75) is 103 Å².